The lowest BCUT2D eigenvalue weighted by Crippen LogP contribution is -2.19. The Bertz CT molecular complexity index is 600. The summed E-state index contributed by atoms with van der Waals surface area (Å²) in [5.41, 5.74) is 3.50. The summed E-state index contributed by atoms with van der Waals surface area (Å²) < 4.78 is 6.57. The van der Waals surface area contributed by atoms with Crippen molar-refractivity contribution in [3.05, 3.63) is 57.8 Å². The molecule has 2 aromatic rings. The molecule has 1 unspecified atom stereocenters. The second-order valence-corrected chi connectivity index (χ2v) is 5.41. The van der Waals surface area contributed by atoms with Gasteiger partial charge in [0.25, 0.3) is 0 Å². The van der Waals surface area contributed by atoms with E-state index in [1.165, 1.54) is 11.1 Å². The van der Waals surface area contributed by atoms with E-state index in [1.807, 2.05) is 25.4 Å². The van der Waals surface area contributed by atoms with Crippen LogP contribution in [0.2, 0.25) is 0 Å². The third kappa shape index (κ3) is 2.38. The Morgan fingerprint density at radius 1 is 1.37 bits per heavy atom. The SMILES string of the molecule is CNC(c1ccc2c(c1)CCO2)c1ncccc1Br. The van der Waals surface area contributed by atoms with E-state index in [9.17, 15) is 0 Å². The number of halogens is 1. The molecule has 0 spiro atoms. The van der Waals surface area contributed by atoms with E-state index < -0.39 is 0 Å². The van der Waals surface area contributed by atoms with Gasteiger partial charge in [0.05, 0.1) is 18.3 Å². The molecule has 0 aliphatic carbocycles. The minimum atomic E-state index is 0.0847. The van der Waals surface area contributed by atoms with Crippen LogP contribution in [0.1, 0.15) is 22.9 Å². The monoisotopic (exact) mass is 318 g/mol. The first-order valence-corrected chi connectivity index (χ1v) is 7.12. The summed E-state index contributed by atoms with van der Waals surface area (Å²) in [4.78, 5) is 4.48. The Morgan fingerprint density at radius 2 is 2.26 bits per heavy atom. The Hall–Kier alpha value is -1.39. The van der Waals surface area contributed by atoms with Crippen molar-refractivity contribution in [2.24, 2.45) is 0 Å². The molecule has 1 atom stereocenters. The molecule has 3 rings (SSSR count). The highest BCUT2D eigenvalue weighted by molar-refractivity contribution is 9.10. The molecule has 0 fully saturated rings. The zero-order valence-corrected chi connectivity index (χ0v) is 12.3. The van der Waals surface area contributed by atoms with E-state index in [4.69, 9.17) is 4.74 Å². The number of benzene rings is 1. The van der Waals surface area contributed by atoms with Gasteiger partial charge in [-0.15, -0.1) is 0 Å². The van der Waals surface area contributed by atoms with Crippen LogP contribution in [0.15, 0.2) is 41.0 Å². The van der Waals surface area contributed by atoms with Crippen LogP contribution >= 0.6 is 15.9 Å². The van der Waals surface area contributed by atoms with Crippen molar-refractivity contribution in [1.82, 2.24) is 10.3 Å². The number of fused-ring (bicyclic) bond motifs is 1. The van der Waals surface area contributed by atoms with Crippen LogP contribution < -0.4 is 10.1 Å². The Balaban J connectivity index is 2.01. The number of nitrogens with zero attached hydrogens (tertiary/aromatic N) is 1. The minimum absolute atomic E-state index is 0.0847. The Morgan fingerprint density at radius 3 is 3.05 bits per heavy atom. The number of hydrogen-bond donors (Lipinski definition) is 1. The highest BCUT2D eigenvalue weighted by Gasteiger charge is 2.19. The molecule has 1 N–H and O–H groups in total. The number of aromatic nitrogens is 1. The van der Waals surface area contributed by atoms with Crippen LogP contribution in [0, 0.1) is 0 Å². The van der Waals surface area contributed by atoms with Crippen molar-refractivity contribution in [3.8, 4) is 5.75 Å². The van der Waals surface area contributed by atoms with Crippen molar-refractivity contribution in [3.63, 3.8) is 0 Å². The summed E-state index contributed by atoms with van der Waals surface area (Å²) >= 11 is 3.57. The molecular weight excluding hydrogens is 304 g/mol. The normalized spacial score (nSPS) is 14.8. The van der Waals surface area contributed by atoms with Crippen LogP contribution in [0.4, 0.5) is 0 Å². The lowest BCUT2D eigenvalue weighted by atomic mass is 10.00. The summed E-state index contributed by atoms with van der Waals surface area (Å²) in [7, 11) is 1.95. The molecule has 98 valence electrons. The maximum Gasteiger partial charge on any atom is 0.122 e. The summed E-state index contributed by atoms with van der Waals surface area (Å²) in [6, 6.07) is 10.4. The molecule has 3 nitrogen and oxygen atoms in total. The lowest BCUT2D eigenvalue weighted by Gasteiger charge is -2.18. The Kier molecular flexibility index (Phi) is 3.53. The lowest BCUT2D eigenvalue weighted by molar-refractivity contribution is 0.357. The fourth-order valence-corrected chi connectivity index (χ4v) is 2.94. The number of pyridine rings is 1. The second-order valence-electron chi connectivity index (χ2n) is 4.56. The quantitative estimate of drug-likeness (QED) is 0.944. The van der Waals surface area contributed by atoms with Gasteiger partial charge in [-0.2, -0.15) is 0 Å². The summed E-state index contributed by atoms with van der Waals surface area (Å²) in [5, 5.41) is 3.33. The zero-order chi connectivity index (χ0) is 13.2. The summed E-state index contributed by atoms with van der Waals surface area (Å²) in [6.07, 6.45) is 2.81. The first-order valence-electron chi connectivity index (χ1n) is 6.33. The molecule has 0 bridgehead atoms. The molecule has 1 aromatic carbocycles. The number of nitrogens with one attached hydrogen (secondary N) is 1. The highest BCUT2D eigenvalue weighted by Crippen LogP contribution is 2.31. The third-order valence-electron chi connectivity index (χ3n) is 3.40. The molecule has 0 radical (unpaired) electrons. The fraction of sp³-hybridized carbons (Fsp3) is 0.267. The maximum atomic E-state index is 5.55. The molecule has 4 heteroatoms. The average Bonchev–Trinajstić information content (AvgIpc) is 2.89. The van der Waals surface area contributed by atoms with Crippen LogP contribution in [0.5, 0.6) is 5.75 Å². The van der Waals surface area contributed by atoms with Gasteiger partial charge in [-0.1, -0.05) is 12.1 Å². The zero-order valence-electron chi connectivity index (χ0n) is 10.7. The molecule has 0 saturated carbocycles. The van der Waals surface area contributed by atoms with Gasteiger partial charge in [0, 0.05) is 17.1 Å². The van der Waals surface area contributed by atoms with E-state index in [0.717, 1.165) is 28.9 Å². The van der Waals surface area contributed by atoms with Crippen molar-refractivity contribution in [2.45, 2.75) is 12.5 Å². The first-order chi connectivity index (χ1) is 9.29. The first kappa shape index (κ1) is 12.6. The van der Waals surface area contributed by atoms with Gasteiger partial charge < -0.3 is 10.1 Å². The molecule has 0 saturated heterocycles. The molecular formula is C15H15BrN2O. The van der Waals surface area contributed by atoms with Gasteiger partial charge in [0.15, 0.2) is 0 Å². The van der Waals surface area contributed by atoms with E-state index >= 15 is 0 Å². The van der Waals surface area contributed by atoms with Crippen molar-refractivity contribution >= 4 is 15.9 Å². The number of hydrogen-bond acceptors (Lipinski definition) is 3. The summed E-state index contributed by atoms with van der Waals surface area (Å²) in [6.45, 7) is 0.788. The Labute approximate surface area is 121 Å². The van der Waals surface area contributed by atoms with Gasteiger partial charge in [-0.25, -0.2) is 0 Å². The largest absolute Gasteiger partial charge is 0.493 e. The van der Waals surface area contributed by atoms with Gasteiger partial charge in [-0.3, -0.25) is 4.98 Å². The van der Waals surface area contributed by atoms with E-state index in [1.54, 1.807) is 0 Å². The van der Waals surface area contributed by atoms with E-state index in [-0.39, 0.29) is 6.04 Å². The number of ether oxygens (including phenoxy) is 1. The predicted octanol–water partition coefficient (Wildman–Crippen LogP) is 3.09. The van der Waals surface area contributed by atoms with E-state index in [2.05, 4.69) is 44.4 Å². The smallest absolute Gasteiger partial charge is 0.122 e. The van der Waals surface area contributed by atoms with Crippen molar-refractivity contribution in [1.29, 1.82) is 0 Å². The summed E-state index contributed by atoms with van der Waals surface area (Å²) in [5.74, 6) is 1.01. The van der Waals surface area contributed by atoms with Crippen molar-refractivity contribution in [2.75, 3.05) is 13.7 Å². The molecule has 2 heterocycles. The van der Waals surface area contributed by atoms with Gasteiger partial charge >= 0.3 is 0 Å². The highest BCUT2D eigenvalue weighted by atomic mass is 79.9. The molecule has 1 aliphatic rings. The molecule has 1 aromatic heterocycles. The van der Waals surface area contributed by atoms with Crippen molar-refractivity contribution < 1.29 is 4.74 Å². The standard InChI is InChI=1S/C15H15BrN2O/c1-17-14(15-12(16)3-2-7-18-15)11-4-5-13-10(9-11)6-8-19-13/h2-5,7,9,14,17H,6,8H2,1H3. The van der Waals surface area contributed by atoms with Gasteiger partial charge in [0.2, 0.25) is 0 Å². The van der Waals surface area contributed by atoms with Gasteiger partial charge in [0.1, 0.15) is 5.75 Å². The van der Waals surface area contributed by atoms with Crippen LogP contribution in [0.25, 0.3) is 0 Å². The van der Waals surface area contributed by atoms with E-state index in [0.29, 0.717) is 0 Å². The van der Waals surface area contributed by atoms with Crippen LogP contribution in [0.3, 0.4) is 0 Å². The molecule has 19 heavy (non-hydrogen) atoms. The topological polar surface area (TPSA) is 34.1 Å². The fourth-order valence-electron chi connectivity index (χ4n) is 2.46. The van der Waals surface area contributed by atoms with Crippen LogP contribution in [-0.4, -0.2) is 18.6 Å². The molecule has 1 aliphatic heterocycles. The minimum Gasteiger partial charge on any atom is -0.493 e. The van der Waals surface area contributed by atoms with Crippen LogP contribution in [-0.2, 0) is 6.42 Å². The molecule has 0 amide bonds. The maximum absolute atomic E-state index is 5.55. The number of rotatable bonds is 3. The van der Waals surface area contributed by atoms with Gasteiger partial charge in [-0.05, 0) is 52.3 Å². The second kappa shape index (κ2) is 5.31. The predicted molar refractivity (Wildman–Crippen MR) is 78.5 cm³/mol. The average molecular weight is 319 g/mol. The third-order valence-corrected chi connectivity index (χ3v) is 4.07.